The Morgan fingerprint density at radius 1 is 1.47 bits per heavy atom. The third-order valence-electron chi connectivity index (χ3n) is 2.29. The highest BCUT2D eigenvalue weighted by molar-refractivity contribution is 5.76. The maximum Gasteiger partial charge on any atom is 0.445 e. The molecule has 1 aliphatic heterocycles. The molecule has 15 heavy (non-hydrogen) atoms. The fourth-order valence-corrected chi connectivity index (χ4v) is 1.41. The number of nitrogens with zero attached hydrogens (tertiary/aromatic N) is 2. The van der Waals surface area contributed by atoms with Gasteiger partial charge in [-0.15, -0.1) is 0 Å². The summed E-state index contributed by atoms with van der Waals surface area (Å²) in [5, 5.41) is 3.90. The third-order valence-corrected chi connectivity index (χ3v) is 2.29. The van der Waals surface area contributed by atoms with Gasteiger partial charge >= 0.3 is 6.03 Å². The van der Waals surface area contributed by atoms with Crippen molar-refractivity contribution in [3.63, 3.8) is 0 Å². The highest BCUT2D eigenvalue weighted by atomic mass is 16.2. The first kappa shape index (κ1) is 11.6. The Kier molecular flexibility index (Phi) is 3.74. The summed E-state index contributed by atoms with van der Waals surface area (Å²) in [6.07, 6.45) is 7.81. The van der Waals surface area contributed by atoms with E-state index in [1.54, 1.807) is 19.2 Å². The average Bonchev–Trinajstić information content (AvgIpc) is 2.62. The second kappa shape index (κ2) is 4.84. The van der Waals surface area contributed by atoms with E-state index in [0.717, 1.165) is 12.8 Å². The summed E-state index contributed by atoms with van der Waals surface area (Å²) in [5.41, 5.74) is 5.26. The molecule has 1 unspecified atom stereocenters. The number of urea groups is 1. The highest BCUT2D eigenvalue weighted by Gasteiger charge is 2.34. The zero-order chi connectivity index (χ0) is 11.3. The van der Waals surface area contributed by atoms with E-state index in [2.05, 4.69) is 11.3 Å². The van der Waals surface area contributed by atoms with Gasteiger partial charge in [0.05, 0.1) is 0 Å². The number of primary amides is 1. The molecule has 0 saturated carbocycles. The molecule has 1 rings (SSSR count). The van der Waals surface area contributed by atoms with E-state index in [1.165, 1.54) is 0 Å². The predicted molar refractivity (Wildman–Crippen MR) is 55.8 cm³/mol. The molecule has 0 fully saturated rings. The van der Waals surface area contributed by atoms with Crippen LogP contribution in [0.3, 0.4) is 0 Å². The zero-order valence-electron chi connectivity index (χ0n) is 8.77. The molecule has 81 valence electrons. The van der Waals surface area contributed by atoms with Crippen molar-refractivity contribution in [3.05, 3.63) is 12.3 Å². The van der Waals surface area contributed by atoms with Crippen molar-refractivity contribution < 1.29 is 14.2 Å². The van der Waals surface area contributed by atoms with Crippen LogP contribution in [0.1, 0.15) is 26.2 Å². The zero-order valence-corrected chi connectivity index (χ0v) is 8.77. The number of rotatable bonds is 5. The summed E-state index contributed by atoms with van der Waals surface area (Å²) in [4.78, 5) is 21.9. The molecule has 0 aromatic heterocycles. The summed E-state index contributed by atoms with van der Waals surface area (Å²) in [6.45, 7) is 2.05. The van der Waals surface area contributed by atoms with Crippen molar-refractivity contribution in [2.75, 3.05) is 6.54 Å². The van der Waals surface area contributed by atoms with E-state index in [-0.39, 0.29) is 10.4 Å². The standard InChI is InChI=1S/C10H14N3O2/c1-9(14)5-2-3-7-13(10(11)15)8-4-6-12-13/h4,8H,2-3,5,7H2,1H3,(H-,11,15)/p+1. The Balaban J connectivity index is 2.41. The first-order chi connectivity index (χ1) is 7.07. The van der Waals surface area contributed by atoms with Gasteiger partial charge in [0.15, 0.2) is 6.21 Å². The van der Waals surface area contributed by atoms with Crippen LogP contribution >= 0.6 is 0 Å². The van der Waals surface area contributed by atoms with E-state index in [0.29, 0.717) is 13.0 Å². The summed E-state index contributed by atoms with van der Waals surface area (Å²) in [7, 11) is 0. The van der Waals surface area contributed by atoms with Crippen LogP contribution in [-0.4, -0.2) is 29.2 Å². The number of nitrogens with two attached hydrogens (primary N) is 1. The topological polar surface area (TPSA) is 72.5 Å². The molecule has 0 bridgehead atoms. The van der Waals surface area contributed by atoms with E-state index in [9.17, 15) is 9.59 Å². The number of ketones is 1. The van der Waals surface area contributed by atoms with Gasteiger partial charge in [-0.3, -0.25) is 0 Å². The van der Waals surface area contributed by atoms with Crippen molar-refractivity contribution in [1.29, 1.82) is 0 Å². The lowest BCUT2D eigenvalue weighted by molar-refractivity contribution is -0.801. The summed E-state index contributed by atoms with van der Waals surface area (Å²) >= 11 is 0. The molecule has 0 aromatic rings. The molecule has 5 heteroatoms. The molecule has 1 aliphatic rings. The summed E-state index contributed by atoms with van der Waals surface area (Å²) in [6, 6.07) is -0.515. The third kappa shape index (κ3) is 2.99. The van der Waals surface area contributed by atoms with Crippen LogP contribution in [0.2, 0.25) is 0 Å². The van der Waals surface area contributed by atoms with Crippen LogP contribution in [0.15, 0.2) is 17.4 Å². The second-order valence-electron chi connectivity index (χ2n) is 3.59. The van der Waals surface area contributed by atoms with E-state index in [1.807, 2.05) is 0 Å². The molecule has 1 heterocycles. The molecular weight excluding hydrogens is 194 g/mol. The Morgan fingerprint density at radius 2 is 2.20 bits per heavy atom. The maximum absolute atomic E-state index is 11.2. The van der Waals surface area contributed by atoms with Gasteiger partial charge in [-0.25, -0.2) is 4.79 Å². The predicted octanol–water partition coefficient (Wildman–Crippen LogP) is 1.03. The molecule has 5 nitrogen and oxygen atoms in total. The highest BCUT2D eigenvalue weighted by Crippen LogP contribution is 2.15. The minimum atomic E-state index is -0.515. The number of amides is 2. The molecule has 2 amide bonds. The average molecular weight is 209 g/mol. The molecule has 2 N–H and O–H groups in total. The minimum Gasteiger partial charge on any atom is -0.316 e. The van der Waals surface area contributed by atoms with Gasteiger partial charge in [0.1, 0.15) is 18.5 Å². The lowest BCUT2D eigenvalue weighted by Crippen LogP contribution is -2.46. The Bertz CT molecular complexity index is 309. The van der Waals surface area contributed by atoms with Crippen LogP contribution in [0.5, 0.6) is 0 Å². The van der Waals surface area contributed by atoms with Crippen LogP contribution in [0, 0.1) is 0 Å². The van der Waals surface area contributed by atoms with Crippen molar-refractivity contribution in [3.8, 4) is 0 Å². The number of unbranched alkanes of at least 4 members (excludes halogenated alkanes) is 1. The molecule has 0 aliphatic carbocycles. The fraction of sp³-hybridized carbons (Fsp3) is 0.500. The number of carbonyl (C=O) groups is 2. The van der Waals surface area contributed by atoms with Crippen molar-refractivity contribution in [2.24, 2.45) is 10.8 Å². The number of hydrogen-bond acceptors (Lipinski definition) is 3. The van der Waals surface area contributed by atoms with E-state index < -0.39 is 6.03 Å². The first-order valence-electron chi connectivity index (χ1n) is 4.89. The number of hydrogen-bond donors (Lipinski definition) is 1. The Hall–Kier alpha value is -1.49. The largest absolute Gasteiger partial charge is 0.445 e. The van der Waals surface area contributed by atoms with Gasteiger partial charge < -0.3 is 10.5 Å². The van der Waals surface area contributed by atoms with Gasteiger partial charge in [-0.1, -0.05) is 9.69 Å². The maximum atomic E-state index is 11.2. The van der Waals surface area contributed by atoms with Gasteiger partial charge in [0.2, 0.25) is 0 Å². The molecule has 0 saturated heterocycles. The van der Waals surface area contributed by atoms with E-state index in [4.69, 9.17) is 5.73 Å². The van der Waals surface area contributed by atoms with Crippen molar-refractivity contribution in [1.82, 2.24) is 0 Å². The monoisotopic (exact) mass is 209 g/mol. The van der Waals surface area contributed by atoms with Gasteiger partial charge in [0, 0.05) is 18.9 Å². The second-order valence-corrected chi connectivity index (χ2v) is 3.59. The SMILES string of the molecule is CC(=O)CCCC[N+]1(C(N)=O)C=C[C]=N1. The summed E-state index contributed by atoms with van der Waals surface area (Å²) in [5.74, 6) is 0.160. The number of quaternary nitrogens is 1. The molecule has 1 atom stereocenters. The van der Waals surface area contributed by atoms with Crippen LogP contribution in [0.4, 0.5) is 4.79 Å². The molecule has 0 spiro atoms. The number of allylic oxidation sites excluding steroid dienone is 1. The van der Waals surface area contributed by atoms with Gasteiger partial charge in [0.25, 0.3) is 0 Å². The van der Waals surface area contributed by atoms with Crippen LogP contribution in [-0.2, 0) is 4.79 Å². The lowest BCUT2D eigenvalue weighted by atomic mass is 10.2. The molecule has 1 radical (unpaired) electrons. The quantitative estimate of drug-likeness (QED) is 0.542. The molecule has 0 aromatic carbocycles. The Labute approximate surface area is 88.8 Å². The van der Waals surface area contributed by atoms with Crippen LogP contribution < -0.4 is 5.73 Å². The lowest BCUT2D eigenvalue weighted by Gasteiger charge is -2.19. The van der Waals surface area contributed by atoms with Gasteiger partial charge in [-0.2, -0.15) is 0 Å². The number of Topliss-reactive ketones (excluding diaryl/α,β-unsaturated/α-hetero) is 1. The molecular formula is C10H15N3O2+. The Morgan fingerprint density at radius 3 is 2.67 bits per heavy atom. The summed E-state index contributed by atoms with van der Waals surface area (Å²) < 4.78 is -0.224. The minimum absolute atomic E-state index is 0.160. The first-order valence-corrected chi connectivity index (χ1v) is 4.89. The fourth-order valence-electron chi connectivity index (χ4n) is 1.41. The van der Waals surface area contributed by atoms with E-state index >= 15 is 0 Å². The van der Waals surface area contributed by atoms with Gasteiger partial charge in [-0.05, 0) is 13.3 Å². The number of carbonyl (C=O) groups excluding carboxylic acids is 2. The van der Waals surface area contributed by atoms with Crippen molar-refractivity contribution >= 4 is 18.0 Å². The smallest absolute Gasteiger partial charge is 0.316 e. The normalized spacial score (nSPS) is 23.3. The van der Waals surface area contributed by atoms with Crippen molar-refractivity contribution in [2.45, 2.75) is 26.2 Å². The van der Waals surface area contributed by atoms with Crippen LogP contribution in [0.25, 0.3) is 0 Å².